The van der Waals surface area contributed by atoms with Crippen LogP contribution in [0.2, 0.25) is 0 Å². The average molecular weight is 826 g/mol. The van der Waals surface area contributed by atoms with Crippen molar-refractivity contribution in [3.8, 4) is 44.5 Å². The molecular weight excluding hydrogens is 783 g/mol. The molecule has 1 atom stereocenters. The fraction of sp³-hybridized carbons (Fsp3) is 0.0625. The first-order valence-corrected chi connectivity index (χ1v) is 22.9. The summed E-state index contributed by atoms with van der Waals surface area (Å²) in [4.78, 5) is 2.56. The molecule has 0 radical (unpaired) electrons. The molecule has 0 saturated carbocycles. The van der Waals surface area contributed by atoms with Gasteiger partial charge in [0.2, 0.25) is 0 Å². The van der Waals surface area contributed by atoms with Gasteiger partial charge in [0.15, 0.2) is 0 Å². The number of fused-ring (bicyclic) bond motifs is 19. The van der Waals surface area contributed by atoms with E-state index in [0.717, 1.165) is 11.4 Å². The molecule has 0 heterocycles. The van der Waals surface area contributed by atoms with Gasteiger partial charge in [0.05, 0.1) is 11.1 Å². The van der Waals surface area contributed by atoms with E-state index in [1.54, 1.807) is 0 Å². The van der Waals surface area contributed by atoms with Crippen LogP contribution in [0.4, 0.5) is 17.1 Å². The Hall–Kier alpha value is -8.00. The van der Waals surface area contributed by atoms with Crippen molar-refractivity contribution in [2.24, 2.45) is 0 Å². The number of rotatable bonds is 4. The second-order valence-corrected chi connectivity index (χ2v) is 18.7. The lowest BCUT2D eigenvalue weighted by atomic mass is 9.69. The summed E-state index contributed by atoms with van der Waals surface area (Å²) in [6.07, 6.45) is 0. The predicted molar refractivity (Wildman–Crippen MR) is 273 cm³/mol. The molecular formula is C64H43N. The zero-order chi connectivity index (χ0) is 43.0. The van der Waals surface area contributed by atoms with E-state index in [1.165, 1.54) is 116 Å². The number of hydrogen-bond donors (Lipinski definition) is 0. The highest BCUT2D eigenvalue weighted by Crippen LogP contribution is 2.66. The highest BCUT2D eigenvalue weighted by atomic mass is 15.1. The Morgan fingerprint density at radius 2 is 0.769 bits per heavy atom. The fourth-order valence-corrected chi connectivity index (χ4v) is 12.5. The molecule has 14 rings (SSSR count). The molecule has 0 aromatic heterocycles. The number of benzene rings is 11. The summed E-state index contributed by atoms with van der Waals surface area (Å²) in [6, 6.07) is 84.7. The number of anilines is 3. The lowest BCUT2D eigenvalue weighted by Crippen LogP contribution is -2.28. The minimum absolute atomic E-state index is 0.155. The highest BCUT2D eigenvalue weighted by Gasteiger charge is 2.53. The number of nitrogens with zero attached hydrogens (tertiary/aromatic N) is 1. The first kappa shape index (κ1) is 36.5. The van der Waals surface area contributed by atoms with Crippen LogP contribution >= 0.6 is 0 Å². The van der Waals surface area contributed by atoms with Gasteiger partial charge in [-0.05, 0) is 147 Å². The molecule has 11 aromatic rings. The van der Waals surface area contributed by atoms with Crippen molar-refractivity contribution in [2.45, 2.75) is 24.7 Å². The van der Waals surface area contributed by atoms with Gasteiger partial charge in [-0.15, -0.1) is 0 Å². The van der Waals surface area contributed by atoms with E-state index in [0.29, 0.717) is 0 Å². The average Bonchev–Trinajstić information content (AvgIpc) is 3.92. The van der Waals surface area contributed by atoms with Gasteiger partial charge in [-0.3, -0.25) is 0 Å². The smallest absolute Gasteiger partial charge is 0.0746 e. The summed E-state index contributed by atoms with van der Waals surface area (Å²) >= 11 is 0. The zero-order valence-electron chi connectivity index (χ0n) is 36.3. The molecule has 0 N–H and O–H groups in total. The van der Waals surface area contributed by atoms with Crippen LogP contribution in [-0.2, 0) is 10.8 Å². The fourth-order valence-electron chi connectivity index (χ4n) is 12.5. The standard InChI is InChI=1S/C64H43N/c1-63(2)56-27-13-10-23-48(56)51-36-35-43(37-59(51)63)65(42-33-31-41(32-34-42)40-17-4-3-5-18-40)61-30-16-26-52-49-24-11-14-28-57(49)64(62(52)61)58-29-15-12-25-50(58)55-38-53-46-21-8-6-19-44(46)45-20-7-9-22-47(45)54(53)39-60(55)64/h3-39H,1-2H3. The Bertz CT molecular complexity index is 3800. The van der Waals surface area contributed by atoms with E-state index in [-0.39, 0.29) is 5.41 Å². The van der Waals surface area contributed by atoms with Gasteiger partial charge in [-0.1, -0.05) is 196 Å². The van der Waals surface area contributed by atoms with Crippen LogP contribution in [0.25, 0.3) is 76.8 Å². The van der Waals surface area contributed by atoms with Crippen molar-refractivity contribution >= 4 is 49.4 Å². The van der Waals surface area contributed by atoms with Crippen LogP contribution in [0, 0.1) is 0 Å². The normalized spacial score (nSPS) is 15.7. The molecule has 0 saturated heterocycles. The van der Waals surface area contributed by atoms with Crippen LogP contribution in [-0.4, -0.2) is 0 Å². The van der Waals surface area contributed by atoms with Crippen molar-refractivity contribution in [1.29, 1.82) is 0 Å². The van der Waals surface area contributed by atoms with Crippen LogP contribution in [0.1, 0.15) is 47.2 Å². The minimum atomic E-state index is -0.593. The van der Waals surface area contributed by atoms with Crippen molar-refractivity contribution in [3.63, 3.8) is 0 Å². The van der Waals surface area contributed by atoms with Crippen LogP contribution < -0.4 is 4.90 Å². The first-order valence-electron chi connectivity index (χ1n) is 22.9. The van der Waals surface area contributed by atoms with Crippen molar-refractivity contribution < 1.29 is 0 Å². The molecule has 65 heavy (non-hydrogen) atoms. The third-order valence-electron chi connectivity index (χ3n) is 15.2. The van der Waals surface area contributed by atoms with E-state index in [2.05, 4.69) is 243 Å². The van der Waals surface area contributed by atoms with Gasteiger partial charge in [-0.25, -0.2) is 0 Å². The topological polar surface area (TPSA) is 3.24 Å². The second kappa shape index (κ2) is 13.3. The van der Waals surface area contributed by atoms with Crippen LogP contribution in [0.3, 0.4) is 0 Å². The van der Waals surface area contributed by atoms with Gasteiger partial charge in [0, 0.05) is 22.4 Å². The lowest BCUT2D eigenvalue weighted by Gasteiger charge is -2.36. The molecule has 304 valence electrons. The summed E-state index contributed by atoms with van der Waals surface area (Å²) in [7, 11) is 0. The van der Waals surface area contributed by atoms with Crippen LogP contribution in [0.15, 0.2) is 224 Å². The maximum Gasteiger partial charge on any atom is 0.0746 e. The third-order valence-corrected chi connectivity index (χ3v) is 15.2. The minimum Gasteiger partial charge on any atom is -0.310 e. The molecule has 1 spiro atoms. The van der Waals surface area contributed by atoms with E-state index in [4.69, 9.17) is 0 Å². The van der Waals surface area contributed by atoms with E-state index in [9.17, 15) is 0 Å². The first-order chi connectivity index (χ1) is 32.0. The van der Waals surface area contributed by atoms with Gasteiger partial charge >= 0.3 is 0 Å². The lowest BCUT2D eigenvalue weighted by molar-refractivity contribution is 0.660. The molecule has 0 aliphatic heterocycles. The summed E-state index contributed by atoms with van der Waals surface area (Å²) in [6.45, 7) is 4.77. The highest BCUT2D eigenvalue weighted by molar-refractivity contribution is 6.26. The quantitative estimate of drug-likeness (QED) is 0.160. The van der Waals surface area contributed by atoms with Crippen LogP contribution in [0.5, 0.6) is 0 Å². The Balaban J connectivity index is 1.09. The van der Waals surface area contributed by atoms with E-state index < -0.39 is 5.41 Å². The summed E-state index contributed by atoms with van der Waals surface area (Å²) in [5.74, 6) is 0. The molecule has 1 heteroatoms. The maximum atomic E-state index is 2.58. The van der Waals surface area contributed by atoms with Crippen molar-refractivity contribution in [1.82, 2.24) is 0 Å². The van der Waals surface area contributed by atoms with E-state index >= 15 is 0 Å². The third kappa shape index (κ3) is 4.82. The zero-order valence-corrected chi connectivity index (χ0v) is 36.3. The Morgan fingerprint density at radius 3 is 1.43 bits per heavy atom. The Morgan fingerprint density at radius 1 is 0.292 bits per heavy atom. The van der Waals surface area contributed by atoms with Crippen molar-refractivity contribution in [2.75, 3.05) is 4.90 Å². The van der Waals surface area contributed by atoms with Gasteiger partial charge in [0.1, 0.15) is 0 Å². The molecule has 3 aliphatic rings. The molecule has 0 fully saturated rings. The van der Waals surface area contributed by atoms with Gasteiger partial charge in [-0.2, -0.15) is 0 Å². The molecule has 1 nitrogen and oxygen atoms in total. The molecule has 11 aromatic carbocycles. The second-order valence-electron chi connectivity index (χ2n) is 18.7. The van der Waals surface area contributed by atoms with Gasteiger partial charge in [0.25, 0.3) is 0 Å². The van der Waals surface area contributed by atoms with E-state index in [1.807, 2.05) is 0 Å². The SMILES string of the molecule is CC1(C)c2ccccc2-c2ccc(N(c3ccc(-c4ccccc4)cc3)c3cccc4c3C3(c5ccccc5-c5cc6c7ccccc7c7ccccc7c6cc53)c3ccccc3-4)cc21. The molecule has 1 unspecified atom stereocenters. The monoisotopic (exact) mass is 825 g/mol. The largest absolute Gasteiger partial charge is 0.310 e. The number of hydrogen-bond acceptors (Lipinski definition) is 1. The van der Waals surface area contributed by atoms with Gasteiger partial charge < -0.3 is 4.90 Å². The summed E-state index contributed by atoms with van der Waals surface area (Å²) < 4.78 is 0. The molecule has 0 amide bonds. The van der Waals surface area contributed by atoms with Crippen molar-refractivity contribution in [3.05, 3.63) is 258 Å². The Labute approximate surface area is 379 Å². The predicted octanol–water partition coefficient (Wildman–Crippen LogP) is 16.9. The Kier molecular flexibility index (Phi) is 7.45. The summed E-state index contributed by atoms with van der Waals surface area (Å²) in [5.41, 5.74) is 21.0. The molecule has 3 aliphatic carbocycles. The summed E-state index contributed by atoms with van der Waals surface area (Å²) in [5, 5.41) is 7.76. The molecule has 0 bridgehead atoms. The maximum absolute atomic E-state index is 2.58.